The van der Waals surface area contributed by atoms with Gasteiger partial charge in [-0.25, -0.2) is 4.98 Å². The number of nitrogens with one attached hydrogen (secondary N) is 1. The molecule has 2 N–H and O–H groups in total. The van der Waals surface area contributed by atoms with E-state index in [2.05, 4.69) is 23.8 Å². The summed E-state index contributed by atoms with van der Waals surface area (Å²) in [5.74, 6) is 0. The minimum absolute atomic E-state index is 0.578. The molecule has 1 aliphatic rings. The molecule has 0 bridgehead atoms. The average Bonchev–Trinajstić information content (AvgIpc) is 2.90. The largest absolute Gasteiger partial charge is 0.390 e. The van der Waals surface area contributed by atoms with Crippen LogP contribution >= 0.6 is 0 Å². The summed E-state index contributed by atoms with van der Waals surface area (Å²) in [5.41, 5.74) is 6.75. The van der Waals surface area contributed by atoms with Crippen molar-refractivity contribution in [1.29, 1.82) is 0 Å². The van der Waals surface area contributed by atoms with E-state index in [9.17, 15) is 5.11 Å². The van der Waals surface area contributed by atoms with Gasteiger partial charge in [0, 0.05) is 11.9 Å². The van der Waals surface area contributed by atoms with Crippen LogP contribution in [-0.4, -0.2) is 20.7 Å². The van der Waals surface area contributed by atoms with Crippen molar-refractivity contribution in [3.8, 4) is 0 Å². The van der Waals surface area contributed by atoms with Crippen molar-refractivity contribution in [2.24, 2.45) is 0 Å². The third kappa shape index (κ3) is 4.85. The average molecular weight is 288 g/mol. The minimum Gasteiger partial charge on any atom is -0.390 e. The van der Waals surface area contributed by atoms with Gasteiger partial charge in [0.25, 0.3) is 0 Å². The fraction of sp³-hybridized carbons (Fsp3) is 0.611. The highest BCUT2D eigenvalue weighted by atomic mass is 16.3. The second kappa shape index (κ2) is 6.61. The van der Waals surface area contributed by atoms with Gasteiger partial charge in [0.05, 0.1) is 11.9 Å². The van der Waals surface area contributed by atoms with Crippen LogP contribution in [-0.2, 0) is 6.42 Å². The van der Waals surface area contributed by atoms with Crippen LogP contribution in [0.3, 0.4) is 0 Å². The van der Waals surface area contributed by atoms with E-state index in [-0.39, 0.29) is 0 Å². The van der Waals surface area contributed by atoms with Crippen LogP contribution in [0.1, 0.15) is 65.5 Å². The zero-order valence-corrected chi connectivity index (χ0v) is 13.8. The summed E-state index contributed by atoms with van der Waals surface area (Å²) in [6.45, 7) is 8.28. The molecular weight excluding hydrogens is 260 g/mol. The molecular formula is C18H28N2O. The summed E-state index contributed by atoms with van der Waals surface area (Å²) in [6, 6.07) is 0. The normalized spacial score (nSPS) is 16.8. The Morgan fingerprint density at radius 1 is 1.10 bits per heavy atom. The van der Waals surface area contributed by atoms with E-state index in [1.165, 1.54) is 16.8 Å². The van der Waals surface area contributed by atoms with Gasteiger partial charge in [-0.2, -0.15) is 0 Å². The Morgan fingerprint density at radius 3 is 2.24 bits per heavy atom. The Hall–Kier alpha value is -1.35. The van der Waals surface area contributed by atoms with Crippen LogP contribution in [0.5, 0.6) is 0 Å². The van der Waals surface area contributed by atoms with Gasteiger partial charge in [0.15, 0.2) is 0 Å². The molecule has 0 aliphatic heterocycles. The number of aromatic nitrogens is 2. The number of allylic oxidation sites excluding steroid dienone is 4. The molecule has 3 heteroatoms. The number of nitrogens with zero attached hydrogens (tertiary/aromatic N) is 1. The highest BCUT2D eigenvalue weighted by molar-refractivity contribution is 5.33. The van der Waals surface area contributed by atoms with Crippen molar-refractivity contribution >= 4 is 0 Å². The highest BCUT2D eigenvalue weighted by Gasteiger charge is 2.19. The predicted octanol–water partition coefficient (Wildman–Crippen LogP) is 4.32. The molecule has 0 unspecified atom stereocenters. The van der Waals surface area contributed by atoms with E-state index in [4.69, 9.17) is 0 Å². The maximum atomic E-state index is 9.98. The van der Waals surface area contributed by atoms with Crippen molar-refractivity contribution in [3.05, 3.63) is 40.5 Å². The van der Waals surface area contributed by atoms with E-state index in [1.54, 1.807) is 17.5 Å². The van der Waals surface area contributed by atoms with Gasteiger partial charge in [0.2, 0.25) is 0 Å². The van der Waals surface area contributed by atoms with Crippen LogP contribution in [0.15, 0.2) is 34.8 Å². The number of rotatable bonds is 6. The maximum absolute atomic E-state index is 9.98. The third-order valence-electron chi connectivity index (χ3n) is 4.48. The van der Waals surface area contributed by atoms with E-state index in [0.717, 1.165) is 38.5 Å². The van der Waals surface area contributed by atoms with E-state index < -0.39 is 5.60 Å². The summed E-state index contributed by atoms with van der Waals surface area (Å²) in [6.07, 6.45) is 9.79. The van der Waals surface area contributed by atoms with Crippen molar-refractivity contribution in [3.63, 3.8) is 0 Å². The number of aromatic amines is 1. The fourth-order valence-electron chi connectivity index (χ4n) is 2.89. The zero-order chi connectivity index (χ0) is 15.5. The first-order chi connectivity index (χ1) is 9.85. The summed E-state index contributed by atoms with van der Waals surface area (Å²) in [4.78, 5) is 7.27. The lowest BCUT2D eigenvalue weighted by Crippen LogP contribution is -2.19. The van der Waals surface area contributed by atoms with Gasteiger partial charge in [0.1, 0.15) is 0 Å². The summed E-state index contributed by atoms with van der Waals surface area (Å²) < 4.78 is 0. The quantitative estimate of drug-likeness (QED) is 0.766. The highest BCUT2D eigenvalue weighted by Crippen LogP contribution is 2.35. The number of aryl methyl sites for hydroxylation is 1. The minimum atomic E-state index is -0.578. The van der Waals surface area contributed by atoms with Gasteiger partial charge >= 0.3 is 0 Å². The van der Waals surface area contributed by atoms with Crippen molar-refractivity contribution in [1.82, 2.24) is 9.97 Å². The fourth-order valence-corrected chi connectivity index (χ4v) is 2.89. The molecule has 0 aromatic carbocycles. The molecule has 1 aromatic heterocycles. The number of imidazole rings is 1. The van der Waals surface area contributed by atoms with Crippen LogP contribution in [0.25, 0.3) is 0 Å². The van der Waals surface area contributed by atoms with E-state index >= 15 is 0 Å². The Bertz CT molecular complexity index is 530. The molecule has 0 fully saturated rings. The van der Waals surface area contributed by atoms with Crippen molar-refractivity contribution < 1.29 is 5.11 Å². The van der Waals surface area contributed by atoms with Gasteiger partial charge in [-0.15, -0.1) is 0 Å². The topological polar surface area (TPSA) is 48.9 Å². The van der Waals surface area contributed by atoms with Gasteiger partial charge in [-0.1, -0.05) is 22.3 Å². The molecule has 116 valence electrons. The molecule has 0 spiro atoms. The van der Waals surface area contributed by atoms with Crippen LogP contribution in [0.2, 0.25) is 0 Å². The van der Waals surface area contributed by atoms with E-state index in [0.29, 0.717) is 0 Å². The molecule has 0 saturated carbocycles. The summed E-state index contributed by atoms with van der Waals surface area (Å²) in [5, 5.41) is 9.98. The molecule has 1 aliphatic carbocycles. The molecule has 2 rings (SSSR count). The molecule has 3 nitrogen and oxygen atoms in total. The Kier molecular flexibility index (Phi) is 5.04. The maximum Gasteiger partial charge on any atom is 0.0921 e. The Labute approximate surface area is 128 Å². The summed E-state index contributed by atoms with van der Waals surface area (Å²) >= 11 is 0. The number of H-pyrrole nitrogens is 1. The standard InChI is InChI=1S/C18H28N2O/c1-13-9-15(5-6-17-11-19-12-20-17)16(10-14(13)2)7-8-18(3,4)21/h11-12,21H,5-10H2,1-4H3,(H,19,20). The third-order valence-corrected chi connectivity index (χ3v) is 4.48. The van der Waals surface area contributed by atoms with Gasteiger partial charge in [-0.3, -0.25) is 0 Å². The SMILES string of the molecule is CC1=C(C)CC(CCC(C)(C)O)=C(CCc2cnc[nH]2)C1. The Balaban J connectivity index is 2.05. The van der Waals surface area contributed by atoms with Crippen LogP contribution < -0.4 is 0 Å². The van der Waals surface area contributed by atoms with Crippen LogP contribution in [0, 0.1) is 0 Å². The molecule has 0 atom stereocenters. The number of aliphatic hydroxyl groups is 1. The lowest BCUT2D eigenvalue weighted by Gasteiger charge is -2.25. The predicted molar refractivity (Wildman–Crippen MR) is 87.1 cm³/mol. The van der Waals surface area contributed by atoms with Crippen molar-refractivity contribution in [2.45, 2.75) is 71.8 Å². The molecule has 0 saturated heterocycles. The molecule has 21 heavy (non-hydrogen) atoms. The van der Waals surface area contributed by atoms with Gasteiger partial charge in [-0.05, 0) is 66.2 Å². The summed E-state index contributed by atoms with van der Waals surface area (Å²) in [7, 11) is 0. The lowest BCUT2D eigenvalue weighted by molar-refractivity contribution is 0.0711. The lowest BCUT2D eigenvalue weighted by atomic mass is 9.82. The van der Waals surface area contributed by atoms with Gasteiger partial charge < -0.3 is 10.1 Å². The number of hydrogen-bond donors (Lipinski definition) is 2. The zero-order valence-electron chi connectivity index (χ0n) is 13.8. The van der Waals surface area contributed by atoms with Crippen LogP contribution in [0.4, 0.5) is 0 Å². The first-order valence-electron chi connectivity index (χ1n) is 7.90. The monoisotopic (exact) mass is 288 g/mol. The molecule has 1 heterocycles. The second-order valence-electron chi connectivity index (χ2n) is 7.01. The number of hydrogen-bond acceptors (Lipinski definition) is 2. The van der Waals surface area contributed by atoms with E-state index in [1.807, 2.05) is 20.0 Å². The first kappa shape index (κ1) is 16.0. The smallest absolute Gasteiger partial charge is 0.0921 e. The molecule has 1 aromatic rings. The second-order valence-corrected chi connectivity index (χ2v) is 7.01. The first-order valence-corrected chi connectivity index (χ1v) is 7.90. The van der Waals surface area contributed by atoms with Crippen molar-refractivity contribution in [2.75, 3.05) is 0 Å². The Morgan fingerprint density at radius 2 is 1.71 bits per heavy atom. The molecule has 0 amide bonds. The molecule has 0 radical (unpaired) electrons.